The number of piperidine rings is 1. The lowest BCUT2D eigenvalue weighted by atomic mass is 10.0. The molecule has 2 fully saturated rings. The Kier molecular flexibility index (Phi) is 4.04. The maximum atomic E-state index is 11.5. The van der Waals surface area contributed by atoms with Crippen molar-refractivity contribution in [2.75, 3.05) is 26.2 Å². The Hall–Kier alpha value is -1.88. The van der Waals surface area contributed by atoms with Crippen molar-refractivity contribution in [3.8, 4) is 0 Å². The molecular weight excluding hydrogens is 300 g/mol. The standard InChI is InChI=1S/C19H26N4O/c1-14(24)22-11-8-16(9-12-22)23-10-7-15(13-23)19-20-17-5-3-4-6-18(17)21(19)2/h3-6,15-16H,7-13H2,1-2H3/t15-/m0/s1. The first-order valence-electron chi connectivity index (χ1n) is 9.04. The van der Waals surface area contributed by atoms with Gasteiger partial charge in [-0.3, -0.25) is 9.69 Å². The highest BCUT2D eigenvalue weighted by molar-refractivity contribution is 5.76. The summed E-state index contributed by atoms with van der Waals surface area (Å²) < 4.78 is 2.27. The lowest BCUT2D eigenvalue weighted by Crippen LogP contribution is -2.45. The molecule has 24 heavy (non-hydrogen) atoms. The summed E-state index contributed by atoms with van der Waals surface area (Å²) in [4.78, 5) is 21.0. The van der Waals surface area contributed by atoms with Crippen LogP contribution in [0.2, 0.25) is 0 Å². The van der Waals surface area contributed by atoms with Gasteiger partial charge < -0.3 is 9.47 Å². The van der Waals surface area contributed by atoms with E-state index in [4.69, 9.17) is 4.98 Å². The molecule has 1 aromatic heterocycles. The largest absolute Gasteiger partial charge is 0.343 e. The maximum absolute atomic E-state index is 11.5. The highest BCUT2D eigenvalue weighted by Crippen LogP contribution is 2.31. The van der Waals surface area contributed by atoms with E-state index >= 15 is 0 Å². The third-order valence-corrected chi connectivity index (χ3v) is 5.83. The molecule has 0 aliphatic carbocycles. The average molecular weight is 326 g/mol. The van der Waals surface area contributed by atoms with Crippen LogP contribution in [0.5, 0.6) is 0 Å². The molecule has 1 atom stereocenters. The molecule has 2 aliphatic heterocycles. The van der Waals surface area contributed by atoms with E-state index in [1.54, 1.807) is 6.92 Å². The Bertz CT molecular complexity index is 745. The fourth-order valence-electron chi connectivity index (χ4n) is 4.40. The van der Waals surface area contributed by atoms with E-state index in [1.807, 2.05) is 4.90 Å². The molecule has 2 saturated heterocycles. The fourth-order valence-corrected chi connectivity index (χ4v) is 4.40. The Balaban J connectivity index is 1.45. The van der Waals surface area contributed by atoms with Crippen molar-refractivity contribution in [3.05, 3.63) is 30.1 Å². The van der Waals surface area contributed by atoms with Crippen LogP contribution in [0.1, 0.15) is 37.9 Å². The summed E-state index contributed by atoms with van der Waals surface area (Å²) in [5.74, 6) is 1.96. The van der Waals surface area contributed by atoms with Gasteiger partial charge in [0.15, 0.2) is 0 Å². The molecule has 0 radical (unpaired) electrons. The number of likely N-dealkylation sites (tertiary alicyclic amines) is 2. The van der Waals surface area contributed by atoms with E-state index in [9.17, 15) is 4.79 Å². The number of para-hydroxylation sites is 2. The van der Waals surface area contributed by atoms with Crippen molar-refractivity contribution in [1.82, 2.24) is 19.4 Å². The monoisotopic (exact) mass is 326 g/mol. The molecule has 0 saturated carbocycles. The number of hydrogen-bond donors (Lipinski definition) is 0. The van der Waals surface area contributed by atoms with Crippen molar-refractivity contribution in [1.29, 1.82) is 0 Å². The van der Waals surface area contributed by atoms with Gasteiger partial charge in [0.1, 0.15) is 5.82 Å². The second kappa shape index (κ2) is 6.20. The van der Waals surface area contributed by atoms with Crippen LogP contribution < -0.4 is 0 Å². The smallest absolute Gasteiger partial charge is 0.219 e. The lowest BCUT2D eigenvalue weighted by molar-refractivity contribution is -0.130. The number of amides is 1. The zero-order chi connectivity index (χ0) is 16.7. The highest BCUT2D eigenvalue weighted by Gasteiger charge is 2.33. The molecular formula is C19H26N4O. The normalized spacial score (nSPS) is 23.2. The Morgan fingerprint density at radius 1 is 1.12 bits per heavy atom. The van der Waals surface area contributed by atoms with Crippen LogP contribution in [0.4, 0.5) is 0 Å². The number of fused-ring (bicyclic) bond motifs is 1. The van der Waals surface area contributed by atoms with Crippen LogP contribution >= 0.6 is 0 Å². The van der Waals surface area contributed by atoms with Crippen LogP contribution in [-0.2, 0) is 11.8 Å². The summed E-state index contributed by atoms with van der Waals surface area (Å²) in [6.45, 7) is 5.75. The molecule has 0 bridgehead atoms. The van der Waals surface area contributed by atoms with E-state index in [2.05, 4.69) is 40.8 Å². The fraction of sp³-hybridized carbons (Fsp3) is 0.579. The van der Waals surface area contributed by atoms with Crippen molar-refractivity contribution < 1.29 is 4.79 Å². The summed E-state index contributed by atoms with van der Waals surface area (Å²) in [5.41, 5.74) is 2.32. The van der Waals surface area contributed by atoms with E-state index in [0.717, 1.165) is 44.5 Å². The molecule has 5 nitrogen and oxygen atoms in total. The summed E-state index contributed by atoms with van der Waals surface area (Å²) in [5, 5.41) is 0. The van der Waals surface area contributed by atoms with Crippen LogP contribution in [-0.4, -0.2) is 57.5 Å². The molecule has 0 spiro atoms. The maximum Gasteiger partial charge on any atom is 0.219 e. The quantitative estimate of drug-likeness (QED) is 0.851. The minimum absolute atomic E-state index is 0.215. The molecule has 128 valence electrons. The number of aryl methyl sites for hydroxylation is 1. The topological polar surface area (TPSA) is 41.4 Å². The van der Waals surface area contributed by atoms with E-state index in [0.29, 0.717) is 12.0 Å². The molecule has 0 unspecified atom stereocenters. The molecule has 1 amide bonds. The van der Waals surface area contributed by atoms with Gasteiger partial charge in [0.2, 0.25) is 5.91 Å². The Morgan fingerprint density at radius 2 is 1.88 bits per heavy atom. The number of aromatic nitrogens is 2. The van der Waals surface area contributed by atoms with Gasteiger partial charge in [-0.15, -0.1) is 0 Å². The molecule has 1 aromatic carbocycles. The zero-order valence-corrected chi connectivity index (χ0v) is 14.6. The van der Waals surface area contributed by atoms with Gasteiger partial charge in [-0.2, -0.15) is 0 Å². The molecule has 2 aliphatic rings. The number of rotatable bonds is 2. The van der Waals surface area contributed by atoms with Gasteiger partial charge in [-0.1, -0.05) is 12.1 Å². The zero-order valence-electron chi connectivity index (χ0n) is 14.6. The van der Waals surface area contributed by atoms with Crippen LogP contribution in [0, 0.1) is 0 Å². The number of carbonyl (C=O) groups is 1. The van der Waals surface area contributed by atoms with Gasteiger partial charge in [0, 0.05) is 45.6 Å². The van der Waals surface area contributed by atoms with Crippen LogP contribution in [0.15, 0.2) is 24.3 Å². The van der Waals surface area contributed by atoms with E-state index in [1.165, 1.54) is 17.8 Å². The van der Waals surface area contributed by atoms with E-state index < -0.39 is 0 Å². The van der Waals surface area contributed by atoms with Crippen molar-refractivity contribution in [2.45, 2.75) is 38.1 Å². The molecule has 4 rings (SSSR count). The second-order valence-electron chi connectivity index (χ2n) is 7.24. The number of carbonyl (C=O) groups excluding carboxylic acids is 1. The minimum Gasteiger partial charge on any atom is -0.343 e. The van der Waals surface area contributed by atoms with Gasteiger partial charge >= 0.3 is 0 Å². The molecule has 3 heterocycles. The number of nitrogens with zero attached hydrogens (tertiary/aromatic N) is 4. The van der Waals surface area contributed by atoms with Gasteiger partial charge in [0.05, 0.1) is 11.0 Å². The highest BCUT2D eigenvalue weighted by atomic mass is 16.2. The van der Waals surface area contributed by atoms with E-state index in [-0.39, 0.29) is 5.91 Å². The van der Waals surface area contributed by atoms with Gasteiger partial charge in [0.25, 0.3) is 0 Å². The predicted molar refractivity (Wildman–Crippen MR) is 94.9 cm³/mol. The van der Waals surface area contributed by atoms with Crippen molar-refractivity contribution >= 4 is 16.9 Å². The SMILES string of the molecule is CC(=O)N1CCC(N2CC[C@H](c3nc4ccccc4n3C)C2)CC1. The predicted octanol–water partition coefficient (Wildman–Crippen LogP) is 2.37. The molecule has 0 N–H and O–H groups in total. The van der Waals surface area contributed by atoms with Crippen LogP contribution in [0.25, 0.3) is 11.0 Å². The first-order chi connectivity index (χ1) is 11.6. The Morgan fingerprint density at radius 3 is 2.58 bits per heavy atom. The summed E-state index contributed by atoms with van der Waals surface area (Å²) in [7, 11) is 2.14. The minimum atomic E-state index is 0.215. The lowest BCUT2D eigenvalue weighted by Gasteiger charge is -2.36. The first kappa shape index (κ1) is 15.6. The molecule has 2 aromatic rings. The van der Waals surface area contributed by atoms with Crippen molar-refractivity contribution in [2.24, 2.45) is 7.05 Å². The summed E-state index contributed by atoms with van der Waals surface area (Å²) >= 11 is 0. The number of imidazole rings is 1. The summed E-state index contributed by atoms with van der Waals surface area (Å²) in [6.07, 6.45) is 3.40. The summed E-state index contributed by atoms with van der Waals surface area (Å²) in [6, 6.07) is 9.01. The van der Waals surface area contributed by atoms with Gasteiger partial charge in [-0.25, -0.2) is 4.98 Å². The number of benzene rings is 1. The first-order valence-corrected chi connectivity index (χ1v) is 9.04. The molecule has 5 heteroatoms. The average Bonchev–Trinajstić information content (AvgIpc) is 3.20. The number of hydrogen-bond acceptors (Lipinski definition) is 3. The van der Waals surface area contributed by atoms with Crippen LogP contribution in [0.3, 0.4) is 0 Å². The third kappa shape index (κ3) is 2.71. The second-order valence-corrected chi connectivity index (χ2v) is 7.24. The third-order valence-electron chi connectivity index (χ3n) is 5.83. The van der Waals surface area contributed by atoms with Crippen molar-refractivity contribution in [3.63, 3.8) is 0 Å². The van der Waals surface area contributed by atoms with Gasteiger partial charge in [-0.05, 0) is 37.9 Å². The Labute approximate surface area is 143 Å².